The van der Waals surface area contributed by atoms with E-state index in [1.54, 1.807) is 35.0 Å². The van der Waals surface area contributed by atoms with Crippen LogP contribution in [0.3, 0.4) is 0 Å². The second-order valence-electron chi connectivity index (χ2n) is 6.16. The van der Waals surface area contributed by atoms with Gasteiger partial charge in [0.15, 0.2) is 11.6 Å². The van der Waals surface area contributed by atoms with E-state index in [-0.39, 0.29) is 12.4 Å². The number of aryl methyl sites for hydroxylation is 1. The van der Waals surface area contributed by atoms with Crippen LogP contribution in [0, 0.1) is 0 Å². The molecule has 0 saturated heterocycles. The van der Waals surface area contributed by atoms with Crippen molar-refractivity contribution in [3.8, 4) is 11.5 Å². The van der Waals surface area contributed by atoms with E-state index in [0.29, 0.717) is 40.3 Å². The SMILES string of the molecule is FC(F)Oc1ccc(C2=Nn3c(nnc3COc3ccc(Cl)cc3Cl)CC2)cc1. The predicted octanol–water partition coefficient (Wildman–Crippen LogP) is 4.96. The van der Waals surface area contributed by atoms with Gasteiger partial charge in [0.05, 0.1) is 10.7 Å². The minimum absolute atomic E-state index is 0.0964. The second-order valence-corrected chi connectivity index (χ2v) is 7.00. The van der Waals surface area contributed by atoms with E-state index in [0.717, 1.165) is 11.3 Å². The number of aromatic nitrogens is 3. The highest BCUT2D eigenvalue weighted by Gasteiger charge is 2.20. The normalized spacial score (nSPS) is 13.2. The van der Waals surface area contributed by atoms with Crippen LogP contribution in [0.4, 0.5) is 8.78 Å². The molecule has 0 spiro atoms. The van der Waals surface area contributed by atoms with E-state index >= 15 is 0 Å². The average Bonchev–Trinajstić information content (AvgIpc) is 3.10. The van der Waals surface area contributed by atoms with E-state index in [1.807, 2.05) is 0 Å². The van der Waals surface area contributed by atoms with Gasteiger partial charge in [-0.1, -0.05) is 23.2 Å². The number of nitrogens with zero attached hydrogens (tertiary/aromatic N) is 4. The van der Waals surface area contributed by atoms with Crippen molar-refractivity contribution in [3.63, 3.8) is 0 Å². The monoisotopic (exact) mass is 438 g/mol. The Morgan fingerprint density at radius 2 is 1.83 bits per heavy atom. The molecular weight excluding hydrogens is 425 g/mol. The van der Waals surface area contributed by atoms with Gasteiger partial charge in [0.1, 0.15) is 18.1 Å². The van der Waals surface area contributed by atoms with Gasteiger partial charge < -0.3 is 9.47 Å². The Morgan fingerprint density at radius 1 is 1.03 bits per heavy atom. The van der Waals surface area contributed by atoms with E-state index in [9.17, 15) is 8.78 Å². The number of ether oxygens (including phenoxy) is 2. The largest absolute Gasteiger partial charge is 0.484 e. The smallest absolute Gasteiger partial charge is 0.387 e. The van der Waals surface area contributed by atoms with E-state index in [1.165, 1.54) is 12.1 Å². The highest BCUT2D eigenvalue weighted by molar-refractivity contribution is 6.35. The van der Waals surface area contributed by atoms with E-state index in [4.69, 9.17) is 27.9 Å². The van der Waals surface area contributed by atoms with Crippen LogP contribution in [0.2, 0.25) is 10.0 Å². The van der Waals surface area contributed by atoms with Crippen molar-refractivity contribution >= 4 is 28.9 Å². The summed E-state index contributed by atoms with van der Waals surface area (Å²) in [4.78, 5) is 0. The van der Waals surface area contributed by atoms with Crippen LogP contribution in [0.1, 0.15) is 23.6 Å². The Morgan fingerprint density at radius 3 is 2.55 bits per heavy atom. The van der Waals surface area contributed by atoms with Gasteiger partial charge >= 0.3 is 6.61 Å². The maximum absolute atomic E-state index is 12.3. The van der Waals surface area contributed by atoms with Crippen molar-refractivity contribution in [2.24, 2.45) is 5.10 Å². The fourth-order valence-electron chi connectivity index (χ4n) is 2.88. The van der Waals surface area contributed by atoms with Crippen molar-refractivity contribution in [2.75, 3.05) is 0 Å². The summed E-state index contributed by atoms with van der Waals surface area (Å²) in [7, 11) is 0. The van der Waals surface area contributed by atoms with E-state index in [2.05, 4.69) is 20.0 Å². The minimum atomic E-state index is -2.86. The van der Waals surface area contributed by atoms with Gasteiger partial charge in [-0.3, -0.25) is 0 Å². The standard InChI is InChI=1S/C19H14Cl2F2N4O2/c20-12-3-7-16(14(21)9-12)28-10-18-25-24-17-8-6-15(26-27(17)18)11-1-4-13(5-2-11)29-19(22)23/h1-5,7,9,19H,6,8,10H2. The summed E-state index contributed by atoms with van der Waals surface area (Å²) in [6.45, 7) is -2.74. The zero-order valence-electron chi connectivity index (χ0n) is 14.9. The Kier molecular flexibility index (Phi) is 5.64. The molecule has 1 aliphatic heterocycles. The molecule has 3 aromatic rings. The molecule has 6 nitrogen and oxygen atoms in total. The summed E-state index contributed by atoms with van der Waals surface area (Å²) in [6.07, 6.45) is 1.29. The molecule has 2 aromatic carbocycles. The minimum Gasteiger partial charge on any atom is -0.484 e. The number of alkyl halides is 2. The van der Waals surface area contributed by atoms with Crippen molar-refractivity contribution in [1.82, 2.24) is 14.9 Å². The molecule has 1 aliphatic rings. The Labute approximate surface area is 174 Å². The molecule has 0 N–H and O–H groups in total. The summed E-state index contributed by atoms with van der Waals surface area (Å²) in [5.74, 6) is 1.80. The summed E-state index contributed by atoms with van der Waals surface area (Å²) in [5.41, 5.74) is 1.59. The van der Waals surface area contributed by atoms with Gasteiger partial charge in [-0.2, -0.15) is 18.6 Å². The molecule has 0 unspecified atom stereocenters. The molecule has 29 heavy (non-hydrogen) atoms. The first-order valence-corrected chi connectivity index (χ1v) is 9.39. The maximum Gasteiger partial charge on any atom is 0.387 e. The molecule has 0 atom stereocenters. The van der Waals surface area contributed by atoms with Crippen LogP contribution in [-0.2, 0) is 13.0 Å². The van der Waals surface area contributed by atoms with Crippen molar-refractivity contribution in [2.45, 2.75) is 26.1 Å². The number of fused-ring (bicyclic) bond motifs is 1. The molecule has 0 aliphatic carbocycles. The molecule has 150 valence electrons. The molecule has 0 saturated carbocycles. The summed E-state index contributed by atoms with van der Waals surface area (Å²) in [6, 6.07) is 11.3. The molecule has 4 rings (SSSR count). The lowest BCUT2D eigenvalue weighted by molar-refractivity contribution is -0.0498. The van der Waals surface area contributed by atoms with Gasteiger partial charge in [-0.15, -0.1) is 10.2 Å². The van der Waals surface area contributed by atoms with Crippen LogP contribution >= 0.6 is 23.2 Å². The summed E-state index contributed by atoms with van der Waals surface area (Å²) < 4.78 is 36.3. The molecule has 10 heteroatoms. The zero-order valence-corrected chi connectivity index (χ0v) is 16.4. The summed E-state index contributed by atoms with van der Waals surface area (Å²) >= 11 is 12.0. The number of halogens is 4. The van der Waals surface area contributed by atoms with Gasteiger partial charge in [0.25, 0.3) is 0 Å². The topological polar surface area (TPSA) is 61.5 Å². The van der Waals surface area contributed by atoms with Crippen molar-refractivity contribution in [3.05, 3.63) is 69.7 Å². The predicted molar refractivity (Wildman–Crippen MR) is 104 cm³/mol. The van der Waals surface area contributed by atoms with Crippen LogP contribution < -0.4 is 9.47 Å². The second kappa shape index (κ2) is 8.34. The molecule has 0 fully saturated rings. The third-order valence-electron chi connectivity index (χ3n) is 4.24. The molecule has 1 aromatic heterocycles. The Bertz CT molecular complexity index is 1050. The van der Waals surface area contributed by atoms with Gasteiger partial charge in [0, 0.05) is 11.4 Å². The number of rotatable bonds is 6. The van der Waals surface area contributed by atoms with E-state index < -0.39 is 6.61 Å². The van der Waals surface area contributed by atoms with Gasteiger partial charge in [-0.25, -0.2) is 0 Å². The lowest BCUT2D eigenvalue weighted by atomic mass is 10.0. The summed E-state index contributed by atoms with van der Waals surface area (Å²) in [5, 5.41) is 13.8. The Balaban J connectivity index is 1.52. The van der Waals surface area contributed by atoms with Crippen molar-refractivity contribution in [1.29, 1.82) is 0 Å². The fraction of sp³-hybridized carbons (Fsp3) is 0.211. The molecule has 0 radical (unpaired) electrons. The average molecular weight is 439 g/mol. The van der Waals surface area contributed by atoms with Crippen LogP contribution in [0.5, 0.6) is 11.5 Å². The third-order valence-corrected chi connectivity index (χ3v) is 4.77. The number of hydrogen-bond donors (Lipinski definition) is 0. The molecular formula is C19H14Cl2F2N4O2. The lowest BCUT2D eigenvalue weighted by Crippen LogP contribution is -2.16. The fourth-order valence-corrected chi connectivity index (χ4v) is 3.34. The third kappa shape index (κ3) is 4.49. The Hall–Kier alpha value is -2.71. The highest BCUT2D eigenvalue weighted by Crippen LogP contribution is 2.28. The maximum atomic E-state index is 12.3. The first-order chi connectivity index (χ1) is 14.0. The van der Waals surface area contributed by atoms with Crippen molar-refractivity contribution < 1.29 is 18.3 Å². The van der Waals surface area contributed by atoms with Gasteiger partial charge in [-0.05, 0) is 54.4 Å². The van der Waals surface area contributed by atoms with Crippen LogP contribution in [0.25, 0.3) is 0 Å². The van der Waals surface area contributed by atoms with Crippen LogP contribution in [0.15, 0.2) is 47.6 Å². The molecule has 0 amide bonds. The quantitative estimate of drug-likeness (QED) is 0.545. The van der Waals surface area contributed by atoms with Gasteiger partial charge in [0.2, 0.25) is 0 Å². The first kappa shape index (κ1) is 19.6. The zero-order chi connectivity index (χ0) is 20.4. The molecule has 0 bridgehead atoms. The number of benzene rings is 2. The first-order valence-electron chi connectivity index (χ1n) is 8.64. The molecule has 2 heterocycles. The lowest BCUT2D eigenvalue weighted by Gasteiger charge is -2.15. The highest BCUT2D eigenvalue weighted by atomic mass is 35.5. The number of hydrogen-bond acceptors (Lipinski definition) is 5. The van der Waals surface area contributed by atoms with Crippen LogP contribution in [-0.4, -0.2) is 27.2 Å².